The van der Waals surface area contributed by atoms with Gasteiger partial charge >= 0.3 is 12.0 Å². The van der Waals surface area contributed by atoms with Crippen LogP contribution in [0.4, 0.5) is 10.5 Å². The van der Waals surface area contributed by atoms with Crippen LogP contribution in [0.3, 0.4) is 0 Å². The van der Waals surface area contributed by atoms with E-state index in [9.17, 15) is 52.7 Å². The van der Waals surface area contributed by atoms with Crippen molar-refractivity contribution >= 4 is 70.9 Å². The summed E-state index contributed by atoms with van der Waals surface area (Å²) in [5, 5.41) is 17.0. The number of nitrogens with zero attached hydrogens (tertiary/aromatic N) is 4. The van der Waals surface area contributed by atoms with Gasteiger partial charge in [0, 0.05) is 71.7 Å². The Balaban J connectivity index is 1.38. The van der Waals surface area contributed by atoms with Crippen molar-refractivity contribution in [2.24, 2.45) is 35.3 Å². The Morgan fingerprint density at radius 3 is 1.96 bits per heavy atom. The number of nitrogens with two attached hydrogens (primary N) is 1. The lowest BCUT2D eigenvalue weighted by atomic mass is 9.89. The molecular formula is C69H111N11O14. The summed E-state index contributed by atoms with van der Waals surface area (Å²) >= 11 is 0. The minimum Gasteiger partial charge on any atom is -0.467 e. The van der Waals surface area contributed by atoms with Crippen LogP contribution in [0.1, 0.15) is 164 Å². The monoisotopic (exact) mass is 1320 g/mol. The molecule has 0 spiro atoms. The van der Waals surface area contributed by atoms with Gasteiger partial charge in [0.15, 0.2) is 0 Å². The molecule has 1 aromatic rings. The van der Waals surface area contributed by atoms with Crippen LogP contribution in [0.5, 0.6) is 0 Å². The molecule has 2 aliphatic heterocycles. The van der Waals surface area contributed by atoms with E-state index < -0.39 is 84.2 Å². The van der Waals surface area contributed by atoms with E-state index in [1.54, 1.807) is 49.8 Å². The van der Waals surface area contributed by atoms with Gasteiger partial charge in [0.2, 0.25) is 41.4 Å². The zero-order valence-corrected chi connectivity index (χ0v) is 58.3. The summed E-state index contributed by atoms with van der Waals surface area (Å²) in [7, 11) is 7.91. The summed E-state index contributed by atoms with van der Waals surface area (Å²) in [6, 6.07) is 0.983. The van der Waals surface area contributed by atoms with Crippen molar-refractivity contribution in [3.63, 3.8) is 0 Å². The normalized spacial score (nSPS) is 18.1. The highest BCUT2D eigenvalue weighted by atomic mass is 16.5. The van der Waals surface area contributed by atoms with Gasteiger partial charge in [-0.25, -0.2) is 9.59 Å². The lowest BCUT2D eigenvalue weighted by molar-refractivity contribution is -0.149. The number of amides is 11. The van der Waals surface area contributed by atoms with E-state index in [0.29, 0.717) is 76.6 Å². The number of allylic oxidation sites excluding steroid dienone is 1. The van der Waals surface area contributed by atoms with Crippen LogP contribution in [-0.4, -0.2) is 201 Å². The molecule has 3 aliphatic rings. The fourth-order valence-electron chi connectivity index (χ4n) is 12.9. The zero-order valence-electron chi connectivity index (χ0n) is 58.3. The molecule has 8 N–H and O–H groups in total. The Hall–Kier alpha value is -7.25. The number of urea groups is 1. The molecule has 1 saturated heterocycles. The number of anilines is 1. The SMILES string of the molecule is CC[C@H](C)[C@@H]([C@@H](CC(=O)N1CCC[C@H]1[C@H](OC)[C@@H](C)C(=O)N[C@@H](CC1=CCCCC1)C(=O)OC)OC)N(C)C(=O)[C@@H](NC(=O)[C@H](C(C)C)N(C)CCc1ccc(NC(=O)[C@H](CCCNC(N)=O)NC(=O)[C@@H](NC(=O)CCCCCN2C(=O)C=CC2=O)C(C)C)cc1)C(C)C. The number of ether oxygens (including phenoxy) is 3. The largest absolute Gasteiger partial charge is 0.467 e. The molecular weight excluding hydrogens is 1210 g/mol. The number of carbonyl (C=O) groups is 11. The summed E-state index contributed by atoms with van der Waals surface area (Å²) in [6.45, 7) is 18.2. The molecule has 0 unspecified atom stereocenters. The summed E-state index contributed by atoms with van der Waals surface area (Å²) < 4.78 is 17.2. The highest BCUT2D eigenvalue weighted by Gasteiger charge is 2.44. The van der Waals surface area contributed by atoms with E-state index in [-0.39, 0.29) is 97.4 Å². The Labute approximate surface area is 557 Å². The third kappa shape index (κ3) is 23.9. The van der Waals surface area contributed by atoms with Crippen molar-refractivity contribution in [1.29, 1.82) is 0 Å². The third-order valence-corrected chi connectivity index (χ3v) is 18.5. The van der Waals surface area contributed by atoms with Gasteiger partial charge in [-0.1, -0.05) is 98.9 Å². The first-order valence-electron chi connectivity index (χ1n) is 33.8. The Kier molecular flexibility index (Phi) is 33.3. The maximum absolute atomic E-state index is 14.9. The highest BCUT2D eigenvalue weighted by Crippen LogP contribution is 2.31. The van der Waals surface area contributed by atoms with Crippen molar-refractivity contribution < 1.29 is 67.0 Å². The van der Waals surface area contributed by atoms with Gasteiger partial charge in [0.25, 0.3) is 11.8 Å². The van der Waals surface area contributed by atoms with Gasteiger partial charge in [-0.15, -0.1) is 0 Å². The number of esters is 1. The molecule has 94 heavy (non-hydrogen) atoms. The molecule has 0 radical (unpaired) electrons. The van der Waals surface area contributed by atoms with Crippen LogP contribution >= 0.6 is 0 Å². The van der Waals surface area contributed by atoms with Crippen LogP contribution in [0.25, 0.3) is 0 Å². The van der Waals surface area contributed by atoms with E-state index in [0.717, 1.165) is 41.7 Å². The van der Waals surface area contributed by atoms with E-state index in [4.69, 9.17) is 19.9 Å². The van der Waals surface area contributed by atoms with E-state index in [1.807, 2.05) is 65.6 Å². The smallest absolute Gasteiger partial charge is 0.328 e. The predicted octanol–water partition coefficient (Wildman–Crippen LogP) is 5.29. The van der Waals surface area contributed by atoms with Gasteiger partial charge in [-0.3, -0.25) is 53.0 Å². The number of carbonyl (C=O) groups excluding carboxylic acids is 11. The first-order valence-corrected chi connectivity index (χ1v) is 33.8. The minimum absolute atomic E-state index is 0.0609. The molecule has 1 aliphatic carbocycles. The minimum atomic E-state index is -1.06. The van der Waals surface area contributed by atoms with E-state index in [1.165, 1.54) is 33.5 Å². The maximum atomic E-state index is 14.9. The lowest BCUT2D eigenvalue weighted by Gasteiger charge is -2.41. The second-order valence-electron chi connectivity index (χ2n) is 26.6. The van der Waals surface area contributed by atoms with Gasteiger partial charge in [-0.05, 0) is 125 Å². The molecule has 11 amide bonds. The quantitative estimate of drug-likeness (QED) is 0.0190. The first kappa shape index (κ1) is 79.2. The molecule has 4 rings (SSSR count). The molecule has 526 valence electrons. The summed E-state index contributed by atoms with van der Waals surface area (Å²) in [5.41, 5.74) is 7.74. The number of rotatable bonds is 40. The Morgan fingerprint density at radius 1 is 0.723 bits per heavy atom. The van der Waals surface area contributed by atoms with Gasteiger partial charge in [0.1, 0.15) is 24.2 Å². The number of nitrogens with one attached hydrogen (secondary N) is 6. The van der Waals surface area contributed by atoms with Gasteiger partial charge in [0.05, 0.1) is 49.8 Å². The number of primary amides is 1. The number of unbranched alkanes of at least 4 members (excludes halogenated alkanes) is 2. The van der Waals surface area contributed by atoms with Gasteiger partial charge < -0.3 is 61.6 Å². The molecule has 1 fully saturated rings. The Bertz CT molecular complexity index is 2760. The van der Waals surface area contributed by atoms with Crippen LogP contribution in [0.15, 0.2) is 48.1 Å². The van der Waals surface area contributed by atoms with Crippen molar-refractivity contribution in [3.8, 4) is 0 Å². The van der Waals surface area contributed by atoms with Gasteiger partial charge in [-0.2, -0.15) is 0 Å². The average molecular weight is 1320 g/mol. The van der Waals surface area contributed by atoms with E-state index >= 15 is 0 Å². The molecule has 0 aromatic heterocycles. The summed E-state index contributed by atoms with van der Waals surface area (Å²) in [5.74, 6) is -5.62. The lowest BCUT2D eigenvalue weighted by Crippen LogP contribution is -2.60. The van der Waals surface area contributed by atoms with Crippen LogP contribution < -0.4 is 37.6 Å². The van der Waals surface area contributed by atoms with Crippen LogP contribution in [0.2, 0.25) is 0 Å². The average Bonchev–Trinajstić information content (AvgIpc) is 1.36. The number of benzene rings is 1. The number of imide groups is 1. The zero-order chi connectivity index (χ0) is 69.9. The topological polar surface area (TPSA) is 327 Å². The molecule has 2 heterocycles. The van der Waals surface area contributed by atoms with Crippen molar-refractivity contribution in [1.82, 2.24) is 46.2 Å². The predicted molar refractivity (Wildman–Crippen MR) is 358 cm³/mol. The molecule has 0 bridgehead atoms. The maximum Gasteiger partial charge on any atom is 0.328 e. The molecule has 0 saturated carbocycles. The van der Waals surface area contributed by atoms with Crippen LogP contribution in [-0.2, 0) is 68.6 Å². The molecule has 25 nitrogen and oxygen atoms in total. The summed E-state index contributed by atoms with van der Waals surface area (Å²) in [4.78, 5) is 153. The number of hydrogen-bond donors (Lipinski definition) is 7. The first-order chi connectivity index (χ1) is 44.6. The fourth-order valence-corrected chi connectivity index (χ4v) is 12.9. The molecule has 11 atom stereocenters. The van der Waals surface area contributed by atoms with Crippen molar-refractivity contribution in [2.45, 2.75) is 220 Å². The number of likely N-dealkylation sites (N-methyl/N-ethyl adjacent to an activating group) is 2. The second-order valence-corrected chi connectivity index (χ2v) is 26.6. The van der Waals surface area contributed by atoms with Crippen LogP contribution in [0, 0.1) is 29.6 Å². The number of likely N-dealkylation sites (tertiary alicyclic amines) is 1. The number of hydrogen-bond acceptors (Lipinski definition) is 15. The molecule has 25 heteroatoms. The van der Waals surface area contributed by atoms with Crippen molar-refractivity contribution in [2.75, 3.05) is 66.9 Å². The third-order valence-electron chi connectivity index (χ3n) is 18.5. The van der Waals surface area contributed by atoms with E-state index in [2.05, 4.69) is 38.0 Å². The number of methoxy groups -OCH3 is 3. The second kappa shape index (κ2) is 39.6. The summed E-state index contributed by atoms with van der Waals surface area (Å²) in [6.07, 6.45) is 11.9. The highest BCUT2D eigenvalue weighted by molar-refractivity contribution is 6.12. The fraction of sp³-hybridized carbons (Fsp3) is 0.696. The standard InChI is InChI=1S/C69H111N11O14/c1-15-45(8)61(53(92-12)41-57(84)79-38-23-27-52(79)62(93-13)46(9)63(85)74-51(68(90)94-14)40-48-24-18-16-19-25-48)78(11)67(89)59(43(4)5)76-66(88)60(44(6)7)77(10)39-35-47-29-31-49(32-30-47)72-64(86)50(26-22-36-71-69(70)91)73-65(87)58(42(2)3)75-54(81)28-20-17-21-37-80-55(82)33-34-56(80)83/h24,29-34,42-46,50-53,58-62H,15-23,25-28,35-41H2,1-14H3,(H,72,86)(H,73,87)(H,74,85)(H,75,81)(H,76,88)(H3,70,71,91)/t45-,46+,50-,51-,52-,53+,58-,59-,60-,61-,62+/m0/s1. The Morgan fingerprint density at radius 2 is 1.38 bits per heavy atom. The molecule has 1 aromatic carbocycles. The van der Waals surface area contributed by atoms with Crippen molar-refractivity contribution in [3.05, 3.63) is 53.6 Å².